The van der Waals surface area contributed by atoms with Gasteiger partial charge in [0.2, 0.25) is 5.91 Å². The smallest absolute Gasteiger partial charge is 0.246 e. The lowest BCUT2D eigenvalue weighted by Crippen LogP contribution is -2.32. The van der Waals surface area contributed by atoms with Crippen molar-refractivity contribution in [2.24, 2.45) is 0 Å². The van der Waals surface area contributed by atoms with Gasteiger partial charge >= 0.3 is 0 Å². The van der Waals surface area contributed by atoms with Gasteiger partial charge in [-0.25, -0.2) is 0 Å². The molecule has 98 valence electrons. The van der Waals surface area contributed by atoms with Crippen LogP contribution in [0.2, 0.25) is 0 Å². The Morgan fingerprint density at radius 2 is 2.33 bits per heavy atom. The Morgan fingerprint density at radius 1 is 1.50 bits per heavy atom. The largest absolute Gasteiger partial charge is 0.491 e. The summed E-state index contributed by atoms with van der Waals surface area (Å²) < 4.78 is 10.8. The van der Waals surface area contributed by atoms with Crippen LogP contribution >= 0.6 is 0 Å². The number of carbonyl (C=O) groups is 1. The van der Waals surface area contributed by atoms with Crippen molar-refractivity contribution in [2.45, 2.75) is 25.8 Å². The molecule has 1 heterocycles. The van der Waals surface area contributed by atoms with E-state index in [-0.39, 0.29) is 18.6 Å². The molecule has 1 amide bonds. The van der Waals surface area contributed by atoms with Crippen molar-refractivity contribution in [1.29, 1.82) is 0 Å². The molecule has 1 aliphatic rings. The van der Waals surface area contributed by atoms with Crippen molar-refractivity contribution in [1.82, 2.24) is 5.32 Å². The van der Waals surface area contributed by atoms with Gasteiger partial charge in [-0.2, -0.15) is 0 Å². The molecule has 0 radical (unpaired) electrons. The molecule has 0 fully saturated rings. The highest BCUT2D eigenvalue weighted by Gasteiger charge is 2.24. The van der Waals surface area contributed by atoms with Crippen LogP contribution in [0.5, 0.6) is 5.75 Å². The van der Waals surface area contributed by atoms with E-state index < -0.39 is 0 Å². The highest BCUT2D eigenvalue weighted by Crippen LogP contribution is 2.31. The third-order valence-electron chi connectivity index (χ3n) is 2.91. The molecule has 0 bridgehead atoms. The highest BCUT2D eigenvalue weighted by atomic mass is 16.5. The molecule has 4 nitrogen and oxygen atoms in total. The lowest BCUT2D eigenvalue weighted by atomic mass is 10.1. The van der Waals surface area contributed by atoms with Gasteiger partial charge in [0.25, 0.3) is 0 Å². The lowest BCUT2D eigenvalue weighted by Gasteiger charge is -2.11. The van der Waals surface area contributed by atoms with Crippen LogP contribution in [0, 0.1) is 0 Å². The molecule has 0 spiro atoms. The summed E-state index contributed by atoms with van der Waals surface area (Å²) >= 11 is 0. The third-order valence-corrected chi connectivity index (χ3v) is 2.91. The van der Waals surface area contributed by atoms with Gasteiger partial charge in [0.05, 0.1) is 6.04 Å². The molecule has 1 N–H and O–H groups in total. The van der Waals surface area contributed by atoms with Crippen molar-refractivity contribution in [2.75, 3.05) is 19.8 Å². The molecule has 0 aromatic heterocycles. The molecular weight excluding hydrogens is 230 g/mol. The lowest BCUT2D eigenvalue weighted by molar-refractivity contribution is -0.126. The van der Waals surface area contributed by atoms with E-state index in [2.05, 4.69) is 12.2 Å². The van der Waals surface area contributed by atoms with E-state index in [0.29, 0.717) is 13.2 Å². The summed E-state index contributed by atoms with van der Waals surface area (Å²) in [6.07, 6.45) is 2.06. The summed E-state index contributed by atoms with van der Waals surface area (Å²) in [7, 11) is 0. The molecule has 1 atom stereocenters. The van der Waals surface area contributed by atoms with Crippen LogP contribution in [-0.2, 0) is 9.53 Å². The Kier molecular flexibility index (Phi) is 4.59. The van der Waals surface area contributed by atoms with Gasteiger partial charge < -0.3 is 14.8 Å². The first-order valence-corrected chi connectivity index (χ1v) is 6.40. The first-order chi connectivity index (χ1) is 8.81. The fraction of sp³-hybridized carbons (Fsp3) is 0.500. The van der Waals surface area contributed by atoms with Gasteiger partial charge in [-0.1, -0.05) is 31.5 Å². The van der Waals surface area contributed by atoms with E-state index in [1.165, 1.54) is 0 Å². The van der Waals surface area contributed by atoms with Crippen molar-refractivity contribution < 1.29 is 14.3 Å². The number of benzene rings is 1. The van der Waals surface area contributed by atoms with Crippen LogP contribution in [-0.4, -0.2) is 25.7 Å². The minimum Gasteiger partial charge on any atom is -0.491 e. The zero-order chi connectivity index (χ0) is 12.8. The second kappa shape index (κ2) is 6.40. The van der Waals surface area contributed by atoms with Crippen molar-refractivity contribution >= 4 is 5.91 Å². The fourth-order valence-corrected chi connectivity index (χ4v) is 1.93. The van der Waals surface area contributed by atoms with E-state index in [0.717, 1.165) is 24.2 Å². The second-order valence-electron chi connectivity index (χ2n) is 4.38. The highest BCUT2D eigenvalue weighted by molar-refractivity contribution is 5.78. The molecular formula is C14H19NO3. The van der Waals surface area contributed by atoms with Gasteiger partial charge in [-0.05, 0) is 12.5 Å². The SMILES string of the molecule is CCCCOCC(=O)NC1COc2ccccc21. The van der Waals surface area contributed by atoms with E-state index in [9.17, 15) is 4.79 Å². The quantitative estimate of drug-likeness (QED) is 0.785. The maximum absolute atomic E-state index is 11.7. The van der Waals surface area contributed by atoms with Crippen molar-refractivity contribution in [3.05, 3.63) is 29.8 Å². The van der Waals surface area contributed by atoms with Crippen LogP contribution in [0.25, 0.3) is 0 Å². The third kappa shape index (κ3) is 3.23. The van der Waals surface area contributed by atoms with Gasteiger partial charge in [-0.15, -0.1) is 0 Å². The zero-order valence-corrected chi connectivity index (χ0v) is 10.6. The second-order valence-corrected chi connectivity index (χ2v) is 4.38. The molecule has 1 aliphatic heterocycles. The van der Waals surface area contributed by atoms with Gasteiger partial charge in [0.1, 0.15) is 19.0 Å². The summed E-state index contributed by atoms with van der Waals surface area (Å²) in [4.78, 5) is 11.7. The van der Waals surface area contributed by atoms with Gasteiger partial charge in [0.15, 0.2) is 0 Å². The topological polar surface area (TPSA) is 47.6 Å². The number of fused-ring (bicyclic) bond motifs is 1. The van der Waals surface area contributed by atoms with Crippen LogP contribution in [0.15, 0.2) is 24.3 Å². The summed E-state index contributed by atoms with van der Waals surface area (Å²) in [6, 6.07) is 7.72. The molecule has 4 heteroatoms. The molecule has 2 rings (SSSR count). The van der Waals surface area contributed by atoms with Crippen LogP contribution in [0.4, 0.5) is 0 Å². The minimum absolute atomic E-state index is 0.0523. The fourth-order valence-electron chi connectivity index (χ4n) is 1.93. The Morgan fingerprint density at radius 3 is 3.17 bits per heavy atom. The average Bonchev–Trinajstić information content (AvgIpc) is 2.78. The number of rotatable bonds is 6. The number of para-hydroxylation sites is 1. The maximum atomic E-state index is 11.7. The average molecular weight is 249 g/mol. The van der Waals surface area contributed by atoms with E-state index in [1.807, 2.05) is 24.3 Å². The molecule has 1 unspecified atom stereocenters. The number of carbonyl (C=O) groups excluding carboxylic acids is 1. The molecule has 1 aromatic carbocycles. The van der Waals surface area contributed by atoms with E-state index >= 15 is 0 Å². The number of hydrogen-bond acceptors (Lipinski definition) is 3. The molecule has 0 saturated carbocycles. The summed E-state index contributed by atoms with van der Waals surface area (Å²) in [5, 5.41) is 2.92. The predicted molar refractivity (Wildman–Crippen MR) is 68.5 cm³/mol. The minimum atomic E-state index is -0.0867. The molecule has 18 heavy (non-hydrogen) atoms. The zero-order valence-electron chi connectivity index (χ0n) is 10.6. The summed E-state index contributed by atoms with van der Waals surface area (Å²) in [6.45, 7) is 3.36. The van der Waals surface area contributed by atoms with Crippen LogP contribution in [0.1, 0.15) is 31.4 Å². The van der Waals surface area contributed by atoms with Gasteiger partial charge in [-0.3, -0.25) is 4.79 Å². The number of unbranched alkanes of at least 4 members (excludes halogenated alkanes) is 1. The van der Waals surface area contributed by atoms with Gasteiger partial charge in [0, 0.05) is 12.2 Å². The number of ether oxygens (including phenoxy) is 2. The predicted octanol–water partition coefficient (Wildman–Crippen LogP) is 2.05. The Hall–Kier alpha value is -1.55. The van der Waals surface area contributed by atoms with Crippen molar-refractivity contribution in [3.8, 4) is 5.75 Å². The normalized spacial score (nSPS) is 17.1. The Balaban J connectivity index is 1.79. The van der Waals surface area contributed by atoms with E-state index in [4.69, 9.17) is 9.47 Å². The van der Waals surface area contributed by atoms with Crippen molar-refractivity contribution in [3.63, 3.8) is 0 Å². The summed E-state index contributed by atoms with van der Waals surface area (Å²) in [5.41, 5.74) is 1.04. The number of hydrogen-bond donors (Lipinski definition) is 1. The first-order valence-electron chi connectivity index (χ1n) is 6.40. The van der Waals surface area contributed by atoms with Crippen LogP contribution in [0.3, 0.4) is 0 Å². The standard InChI is InChI=1S/C14H19NO3/c1-2-3-8-17-10-14(16)15-12-9-18-13-7-5-4-6-11(12)13/h4-7,12H,2-3,8-10H2,1H3,(H,15,16). The Bertz CT molecular complexity index is 406. The molecule has 1 aromatic rings. The molecule has 0 saturated heterocycles. The van der Waals surface area contributed by atoms with E-state index in [1.54, 1.807) is 0 Å². The number of nitrogens with one attached hydrogen (secondary N) is 1. The van der Waals surface area contributed by atoms with Crippen LogP contribution < -0.4 is 10.1 Å². The maximum Gasteiger partial charge on any atom is 0.246 e. The monoisotopic (exact) mass is 249 g/mol. The Labute approximate surface area is 107 Å². The number of amides is 1. The first kappa shape index (κ1) is 12.9. The molecule has 0 aliphatic carbocycles. The summed E-state index contributed by atoms with van der Waals surface area (Å²) in [5.74, 6) is 0.770.